The Balaban J connectivity index is 1.43. The fourth-order valence-corrected chi connectivity index (χ4v) is 5.75. The Morgan fingerprint density at radius 3 is 2.78 bits per heavy atom. The Morgan fingerprint density at radius 1 is 1.19 bits per heavy atom. The molecule has 32 heavy (non-hydrogen) atoms. The average Bonchev–Trinajstić information content (AvgIpc) is 3.48. The topological polar surface area (TPSA) is 88.3 Å². The van der Waals surface area contributed by atoms with E-state index in [9.17, 15) is 5.11 Å². The lowest BCUT2D eigenvalue weighted by Crippen LogP contribution is -2.48. The maximum Gasteiger partial charge on any atom is 0.159 e. The molecule has 1 aromatic carbocycles. The van der Waals surface area contributed by atoms with Gasteiger partial charge < -0.3 is 20.1 Å². The number of nitrogens with one attached hydrogen (secondary N) is 1. The lowest BCUT2D eigenvalue weighted by Gasteiger charge is -2.38. The van der Waals surface area contributed by atoms with Crippen LogP contribution in [0.5, 0.6) is 0 Å². The van der Waals surface area contributed by atoms with E-state index in [-0.39, 0.29) is 5.92 Å². The summed E-state index contributed by atoms with van der Waals surface area (Å²) in [6.45, 7) is 9.16. The number of aryl methyl sites for hydroxylation is 2. The highest BCUT2D eigenvalue weighted by Gasteiger charge is 2.40. The Hall–Kier alpha value is -2.55. The summed E-state index contributed by atoms with van der Waals surface area (Å²) >= 11 is 0. The molecule has 0 saturated carbocycles. The molecule has 3 aliphatic rings. The number of aliphatic hydroxyl groups is 1. The maximum absolute atomic E-state index is 11.0. The number of hydrogen-bond donors (Lipinski definition) is 2. The summed E-state index contributed by atoms with van der Waals surface area (Å²) in [6, 6.07) is 6.82. The van der Waals surface area contributed by atoms with E-state index < -0.39 is 5.60 Å². The zero-order valence-electron chi connectivity index (χ0n) is 18.9. The van der Waals surface area contributed by atoms with Crippen LogP contribution in [0.1, 0.15) is 42.6 Å². The van der Waals surface area contributed by atoms with Crippen LogP contribution >= 0.6 is 0 Å². The summed E-state index contributed by atoms with van der Waals surface area (Å²) in [7, 11) is 0. The van der Waals surface area contributed by atoms with E-state index in [0.717, 1.165) is 60.9 Å². The molecule has 2 aromatic heterocycles. The number of fused-ring (bicyclic) bond motifs is 3. The fourth-order valence-electron chi connectivity index (χ4n) is 5.75. The number of morpholine rings is 1. The monoisotopic (exact) mass is 434 g/mol. The smallest absolute Gasteiger partial charge is 0.159 e. The van der Waals surface area contributed by atoms with Gasteiger partial charge in [0, 0.05) is 30.5 Å². The van der Waals surface area contributed by atoms with E-state index in [1.54, 1.807) is 0 Å². The lowest BCUT2D eigenvalue weighted by atomic mass is 9.77. The van der Waals surface area contributed by atoms with Crippen LogP contribution in [-0.4, -0.2) is 68.8 Å². The minimum Gasteiger partial charge on any atom is -0.388 e. The predicted molar refractivity (Wildman–Crippen MR) is 122 cm³/mol. The normalized spacial score (nSPS) is 29.9. The second-order valence-electron chi connectivity index (χ2n) is 9.83. The fraction of sp³-hybridized carbons (Fsp3) is 0.542. The second-order valence-corrected chi connectivity index (χ2v) is 9.83. The molecule has 8 nitrogen and oxygen atoms in total. The van der Waals surface area contributed by atoms with Gasteiger partial charge >= 0.3 is 0 Å². The molecule has 2 N–H and O–H groups in total. The van der Waals surface area contributed by atoms with Crippen molar-refractivity contribution in [1.82, 2.24) is 25.1 Å². The number of ether oxygens (including phenoxy) is 1. The summed E-state index contributed by atoms with van der Waals surface area (Å²) in [5.74, 6) is 2.54. The van der Waals surface area contributed by atoms with Crippen LogP contribution in [0.3, 0.4) is 0 Å². The van der Waals surface area contributed by atoms with E-state index in [1.807, 2.05) is 30.8 Å². The standard InChI is InChI=1S/C24H30N6O2/c1-14-6-16-10-26-30(21(16)8-19(14)20-4-5-25-13-24(20,3)31)23-9-22(27-15(2)28-23)29-11-18-7-17(29)12-32-18/h6,8-10,17-18,20,25,31H,4-5,7,11-13H2,1-3H3. The molecule has 5 heterocycles. The van der Waals surface area contributed by atoms with Crippen LogP contribution in [0.4, 0.5) is 5.82 Å². The SMILES string of the molecule is Cc1nc(N2CC3CC2CO3)cc(-n2ncc3cc(C)c(C4CCNCC4(C)O)cc32)n1. The molecule has 0 spiro atoms. The molecular formula is C24H30N6O2. The molecule has 8 heteroatoms. The van der Waals surface area contributed by atoms with Gasteiger partial charge in [-0.2, -0.15) is 5.10 Å². The average molecular weight is 435 g/mol. The van der Waals surface area contributed by atoms with E-state index in [2.05, 4.69) is 29.3 Å². The van der Waals surface area contributed by atoms with Crippen molar-refractivity contribution in [3.05, 3.63) is 41.3 Å². The van der Waals surface area contributed by atoms with Crippen molar-refractivity contribution in [2.24, 2.45) is 0 Å². The zero-order chi connectivity index (χ0) is 22.0. The number of benzene rings is 1. The van der Waals surface area contributed by atoms with Crippen LogP contribution < -0.4 is 10.2 Å². The van der Waals surface area contributed by atoms with Crippen LogP contribution in [-0.2, 0) is 4.74 Å². The first kappa shape index (κ1) is 20.1. The third kappa shape index (κ3) is 3.20. The van der Waals surface area contributed by atoms with Crippen molar-refractivity contribution in [2.45, 2.75) is 57.3 Å². The highest BCUT2D eigenvalue weighted by atomic mass is 16.5. The molecule has 2 bridgehead atoms. The summed E-state index contributed by atoms with van der Waals surface area (Å²) < 4.78 is 7.68. The quantitative estimate of drug-likeness (QED) is 0.654. The molecule has 3 aliphatic heterocycles. The molecule has 3 fully saturated rings. The Kier molecular flexibility index (Phi) is 4.54. The van der Waals surface area contributed by atoms with Gasteiger partial charge in [-0.1, -0.05) is 0 Å². The van der Waals surface area contributed by atoms with Gasteiger partial charge in [-0.3, -0.25) is 0 Å². The van der Waals surface area contributed by atoms with E-state index in [0.29, 0.717) is 18.7 Å². The summed E-state index contributed by atoms with van der Waals surface area (Å²) in [6.07, 6.45) is 4.19. The molecule has 4 unspecified atom stereocenters. The van der Waals surface area contributed by atoms with E-state index in [4.69, 9.17) is 19.8 Å². The van der Waals surface area contributed by atoms with Crippen molar-refractivity contribution < 1.29 is 9.84 Å². The number of rotatable bonds is 3. The zero-order valence-corrected chi connectivity index (χ0v) is 18.9. The van der Waals surface area contributed by atoms with Gasteiger partial charge in [-0.25, -0.2) is 14.6 Å². The first-order valence-electron chi connectivity index (χ1n) is 11.5. The number of β-amino-alcohol motifs (C(OH)–C–C–N with tert-alkyl or cyclic N) is 1. The van der Waals surface area contributed by atoms with Crippen molar-refractivity contribution in [1.29, 1.82) is 0 Å². The Labute approximate surface area is 187 Å². The Bertz CT molecular complexity index is 1190. The van der Waals surface area contributed by atoms with Gasteiger partial charge in [0.2, 0.25) is 0 Å². The van der Waals surface area contributed by atoms with Gasteiger partial charge in [0.1, 0.15) is 11.6 Å². The van der Waals surface area contributed by atoms with Crippen molar-refractivity contribution in [2.75, 3.05) is 31.1 Å². The van der Waals surface area contributed by atoms with Gasteiger partial charge in [0.15, 0.2) is 5.82 Å². The van der Waals surface area contributed by atoms with Gasteiger partial charge in [-0.15, -0.1) is 0 Å². The molecule has 0 amide bonds. The number of hydrogen-bond acceptors (Lipinski definition) is 7. The van der Waals surface area contributed by atoms with Crippen LogP contribution in [0.2, 0.25) is 0 Å². The van der Waals surface area contributed by atoms with Gasteiger partial charge in [0.25, 0.3) is 0 Å². The maximum atomic E-state index is 11.0. The van der Waals surface area contributed by atoms with Gasteiger partial charge in [0.05, 0.1) is 36.1 Å². The van der Waals surface area contributed by atoms with Crippen LogP contribution in [0.25, 0.3) is 16.7 Å². The summed E-state index contributed by atoms with van der Waals surface area (Å²) in [4.78, 5) is 11.8. The number of nitrogens with zero attached hydrogens (tertiary/aromatic N) is 5. The molecule has 3 saturated heterocycles. The van der Waals surface area contributed by atoms with Crippen molar-refractivity contribution in [3.63, 3.8) is 0 Å². The highest BCUT2D eigenvalue weighted by Crippen LogP contribution is 2.37. The molecule has 6 rings (SSSR count). The largest absolute Gasteiger partial charge is 0.388 e. The Morgan fingerprint density at radius 2 is 2.03 bits per heavy atom. The molecule has 0 aliphatic carbocycles. The molecule has 3 aromatic rings. The summed E-state index contributed by atoms with van der Waals surface area (Å²) in [5, 5.41) is 20.1. The minimum absolute atomic E-state index is 0.0827. The first-order chi connectivity index (χ1) is 15.4. The second kappa shape index (κ2) is 7.23. The van der Waals surface area contributed by atoms with Crippen molar-refractivity contribution >= 4 is 16.7 Å². The number of piperidine rings is 1. The molecule has 168 valence electrons. The van der Waals surface area contributed by atoms with Crippen LogP contribution in [0.15, 0.2) is 24.4 Å². The highest BCUT2D eigenvalue weighted by molar-refractivity contribution is 5.82. The van der Waals surface area contributed by atoms with Crippen molar-refractivity contribution in [3.8, 4) is 5.82 Å². The van der Waals surface area contributed by atoms with E-state index >= 15 is 0 Å². The minimum atomic E-state index is -0.780. The van der Waals surface area contributed by atoms with Gasteiger partial charge in [-0.05, 0) is 63.4 Å². The lowest BCUT2D eigenvalue weighted by molar-refractivity contribution is 0.0130. The first-order valence-corrected chi connectivity index (χ1v) is 11.5. The summed E-state index contributed by atoms with van der Waals surface area (Å²) in [5.41, 5.74) is 2.61. The molecule has 4 atom stereocenters. The number of aromatic nitrogens is 4. The third-order valence-electron chi connectivity index (χ3n) is 7.40. The predicted octanol–water partition coefficient (Wildman–Crippen LogP) is 2.24. The van der Waals surface area contributed by atoms with E-state index in [1.165, 1.54) is 11.1 Å². The molecule has 0 radical (unpaired) electrons. The molecular weight excluding hydrogens is 404 g/mol. The van der Waals surface area contributed by atoms with Crippen LogP contribution in [0, 0.1) is 13.8 Å². The number of anilines is 1. The third-order valence-corrected chi connectivity index (χ3v) is 7.40.